The summed E-state index contributed by atoms with van der Waals surface area (Å²) in [5, 5.41) is 3.00. The molecule has 0 radical (unpaired) electrons. The monoisotopic (exact) mass is 484 g/mol. The molecule has 0 aromatic heterocycles. The van der Waals surface area contributed by atoms with Gasteiger partial charge in [-0.15, -0.1) is 0 Å². The molecule has 1 saturated heterocycles. The maximum Gasteiger partial charge on any atom is 0.338 e. The molecule has 3 amide bonds. The number of hydrogen-bond donors (Lipinski definition) is 1. The Balaban J connectivity index is 1.64. The summed E-state index contributed by atoms with van der Waals surface area (Å²) in [7, 11) is 1.60. The van der Waals surface area contributed by atoms with Crippen molar-refractivity contribution < 1.29 is 23.9 Å². The first kappa shape index (κ1) is 25.0. The number of methoxy groups -OCH3 is 1. The Morgan fingerprint density at radius 3 is 2.43 bits per heavy atom. The number of nitrogens with zero attached hydrogens (tertiary/aromatic N) is 3. The lowest BCUT2D eigenvalue weighted by molar-refractivity contribution is -0.139. The normalized spacial score (nSPS) is 21.5. The van der Waals surface area contributed by atoms with E-state index in [9.17, 15) is 14.4 Å². The van der Waals surface area contributed by atoms with Crippen molar-refractivity contribution in [3.63, 3.8) is 0 Å². The molecule has 35 heavy (non-hydrogen) atoms. The first-order chi connectivity index (χ1) is 17.0. The number of esters is 1. The summed E-state index contributed by atoms with van der Waals surface area (Å²) >= 11 is 0. The number of ether oxygens (including phenoxy) is 2. The summed E-state index contributed by atoms with van der Waals surface area (Å²) < 4.78 is 10.7. The van der Waals surface area contributed by atoms with Crippen LogP contribution in [0.4, 0.5) is 4.79 Å². The number of rotatable bonds is 8. The van der Waals surface area contributed by atoms with Gasteiger partial charge in [0, 0.05) is 50.9 Å². The van der Waals surface area contributed by atoms with Gasteiger partial charge in [-0.1, -0.05) is 12.1 Å². The van der Waals surface area contributed by atoms with E-state index in [1.807, 2.05) is 36.1 Å². The van der Waals surface area contributed by atoms with E-state index in [2.05, 4.69) is 10.2 Å². The highest BCUT2D eigenvalue weighted by Gasteiger charge is 2.39. The zero-order valence-corrected chi connectivity index (χ0v) is 20.9. The van der Waals surface area contributed by atoms with Gasteiger partial charge in [0.2, 0.25) is 5.91 Å². The third-order valence-corrected chi connectivity index (χ3v) is 6.90. The van der Waals surface area contributed by atoms with E-state index in [4.69, 9.17) is 9.47 Å². The van der Waals surface area contributed by atoms with Crippen LogP contribution in [0.2, 0.25) is 0 Å². The Labute approximate surface area is 207 Å². The van der Waals surface area contributed by atoms with Crippen LogP contribution in [0, 0.1) is 5.92 Å². The summed E-state index contributed by atoms with van der Waals surface area (Å²) in [6.07, 6.45) is 2.87. The Kier molecular flexibility index (Phi) is 7.95. The first-order valence-electron chi connectivity index (χ1n) is 12.6. The smallest absolute Gasteiger partial charge is 0.338 e. The average Bonchev–Trinajstić information content (AvgIpc) is 3.72. The standard InChI is InChI=1S/C26H36N4O5/c1-4-30-21(17-28-13-6-14-29(16-15-28)24(31)19-7-8-19)22(25(32)35-5-2)23(27-26(30)33)18-9-11-20(34-3)12-10-18/h9-12,19,23H,4-8,13-17H2,1-3H3,(H,27,33). The summed E-state index contributed by atoms with van der Waals surface area (Å²) in [4.78, 5) is 44.8. The van der Waals surface area contributed by atoms with E-state index in [-0.39, 0.29) is 24.5 Å². The number of carbonyl (C=O) groups is 3. The molecule has 2 aliphatic heterocycles. The summed E-state index contributed by atoms with van der Waals surface area (Å²) in [5.41, 5.74) is 1.90. The molecule has 9 nitrogen and oxygen atoms in total. The second-order valence-electron chi connectivity index (χ2n) is 9.21. The van der Waals surface area contributed by atoms with Crippen molar-refractivity contribution in [1.29, 1.82) is 0 Å². The van der Waals surface area contributed by atoms with Crippen LogP contribution < -0.4 is 10.1 Å². The lowest BCUT2D eigenvalue weighted by Crippen LogP contribution is -2.51. The molecule has 0 spiro atoms. The van der Waals surface area contributed by atoms with Gasteiger partial charge in [0.1, 0.15) is 5.75 Å². The molecular weight excluding hydrogens is 448 g/mol. The lowest BCUT2D eigenvalue weighted by atomic mass is 9.94. The molecule has 9 heteroatoms. The topological polar surface area (TPSA) is 91.4 Å². The molecule has 0 bridgehead atoms. The van der Waals surface area contributed by atoms with Crippen LogP contribution in [0.3, 0.4) is 0 Å². The predicted molar refractivity (Wildman–Crippen MR) is 131 cm³/mol. The van der Waals surface area contributed by atoms with E-state index >= 15 is 0 Å². The molecular formula is C26H36N4O5. The minimum Gasteiger partial charge on any atom is -0.497 e. The molecule has 1 N–H and O–H groups in total. The Morgan fingerprint density at radius 1 is 1.06 bits per heavy atom. The van der Waals surface area contributed by atoms with Crippen molar-refractivity contribution in [1.82, 2.24) is 20.0 Å². The number of urea groups is 1. The van der Waals surface area contributed by atoms with Gasteiger partial charge in [-0.05, 0) is 50.8 Å². The highest BCUT2D eigenvalue weighted by molar-refractivity contribution is 5.95. The van der Waals surface area contributed by atoms with E-state index in [1.165, 1.54) is 0 Å². The number of likely N-dealkylation sites (N-methyl/N-ethyl adjacent to an activating group) is 1. The van der Waals surface area contributed by atoms with Gasteiger partial charge in [0.15, 0.2) is 0 Å². The number of hydrogen-bond acceptors (Lipinski definition) is 6. The molecule has 1 saturated carbocycles. The molecule has 1 aliphatic carbocycles. The first-order valence-corrected chi connectivity index (χ1v) is 12.6. The number of amides is 3. The zero-order valence-electron chi connectivity index (χ0n) is 20.9. The molecule has 2 fully saturated rings. The third kappa shape index (κ3) is 5.61. The lowest BCUT2D eigenvalue weighted by Gasteiger charge is -2.38. The van der Waals surface area contributed by atoms with Gasteiger partial charge in [-0.2, -0.15) is 0 Å². The predicted octanol–water partition coefficient (Wildman–Crippen LogP) is 2.54. The van der Waals surface area contributed by atoms with Crippen molar-refractivity contribution in [2.45, 2.75) is 39.2 Å². The molecule has 190 valence electrons. The van der Waals surface area contributed by atoms with Crippen LogP contribution in [-0.4, -0.2) is 85.6 Å². The van der Waals surface area contributed by atoms with Crippen LogP contribution >= 0.6 is 0 Å². The molecule has 1 atom stereocenters. The largest absolute Gasteiger partial charge is 0.497 e. The second-order valence-corrected chi connectivity index (χ2v) is 9.21. The van der Waals surface area contributed by atoms with E-state index < -0.39 is 12.0 Å². The van der Waals surface area contributed by atoms with Gasteiger partial charge in [0.05, 0.1) is 25.3 Å². The van der Waals surface area contributed by atoms with Gasteiger partial charge in [-0.3, -0.25) is 14.6 Å². The Hall–Kier alpha value is -3.07. The minimum atomic E-state index is -0.620. The summed E-state index contributed by atoms with van der Waals surface area (Å²) in [6.45, 7) is 7.69. The fraction of sp³-hybridized carbons (Fsp3) is 0.577. The van der Waals surface area contributed by atoms with Crippen LogP contribution in [0.1, 0.15) is 44.7 Å². The van der Waals surface area contributed by atoms with Crippen LogP contribution in [0.5, 0.6) is 5.75 Å². The van der Waals surface area contributed by atoms with Gasteiger partial charge >= 0.3 is 12.0 Å². The average molecular weight is 485 g/mol. The van der Waals surface area contributed by atoms with Crippen molar-refractivity contribution in [3.8, 4) is 5.75 Å². The second kappa shape index (κ2) is 11.1. The summed E-state index contributed by atoms with van der Waals surface area (Å²) in [6, 6.07) is 6.49. The van der Waals surface area contributed by atoms with Crippen molar-refractivity contribution in [2.75, 3.05) is 53.0 Å². The van der Waals surface area contributed by atoms with E-state index in [1.54, 1.807) is 18.9 Å². The van der Waals surface area contributed by atoms with Crippen LogP contribution in [0.25, 0.3) is 0 Å². The number of benzene rings is 1. The van der Waals surface area contributed by atoms with Crippen molar-refractivity contribution in [3.05, 3.63) is 41.1 Å². The Morgan fingerprint density at radius 2 is 1.80 bits per heavy atom. The van der Waals surface area contributed by atoms with Gasteiger partial charge < -0.3 is 19.7 Å². The highest BCUT2D eigenvalue weighted by atomic mass is 16.5. The quantitative estimate of drug-likeness (QED) is 0.571. The number of carbonyl (C=O) groups excluding carboxylic acids is 3. The fourth-order valence-electron chi connectivity index (χ4n) is 4.85. The highest BCUT2D eigenvalue weighted by Crippen LogP contribution is 2.34. The maximum absolute atomic E-state index is 13.3. The third-order valence-electron chi connectivity index (χ3n) is 6.90. The SMILES string of the molecule is CCOC(=O)C1=C(CN2CCCN(C(=O)C3CC3)CC2)N(CC)C(=O)NC1c1ccc(OC)cc1. The summed E-state index contributed by atoms with van der Waals surface area (Å²) in [5.74, 6) is 0.748. The molecule has 3 aliphatic rings. The maximum atomic E-state index is 13.3. The van der Waals surface area contributed by atoms with E-state index in [0.29, 0.717) is 43.2 Å². The molecule has 4 rings (SSSR count). The van der Waals surface area contributed by atoms with Crippen molar-refractivity contribution >= 4 is 17.9 Å². The molecule has 2 heterocycles. The van der Waals surface area contributed by atoms with E-state index in [0.717, 1.165) is 37.9 Å². The number of nitrogens with one attached hydrogen (secondary N) is 1. The van der Waals surface area contributed by atoms with Crippen LogP contribution in [-0.2, 0) is 14.3 Å². The van der Waals surface area contributed by atoms with Crippen LogP contribution in [0.15, 0.2) is 35.5 Å². The zero-order chi connectivity index (χ0) is 24.9. The Bertz CT molecular complexity index is 972. The minimum absolute atomic E-state index is 0.211. The van der Waals surface area contributed by atoms with Gasteiger partial charge in [-0.25, -0.2) is 9.59 Å². The molecule has 1 unspecified atom stereocenters. The van der Waals surface area contributed by atoms with Crippen molar-refractivity contribution in [2.24, 2.45) is 5.92 Å². The fourth-order valence-corrected chi connectivity index (χ4v) is 4.85. The van der Waals surface area contributed by atoms with Gasteiger partial charge in [0.25, 0.3) is 0 Å². The molecule has 1 aromatic rings. The molecule has 1 aromatic carbocycles.